The summed E-state index contributed by atoms with van der Waals surface area (Å²) < 4.78 is 5.45. The second kappa shape index (κ2) is 6.44. The van der Waals surface area contributed by atoms with Gasteiger partial charge < -0.3 is 10.1 Å². The van der Waals surface area contributed by atoms with Crippen LogP contribution in [-0.4, -0.2) is 25.2 Å². The number of hydrogen-bond donors (Lipinski definition) is 1. The highest BCUT2D eigenvalue weighted by Gasteiger charge is 2.16. The summed E-state index contributed by atoms with van der Waals surface area (Å²) in [7, 11) is 0. The molecule has 3 heteroatoms. The van der Waals surface area contributed by atoms with Crippen molar-refractivity contribution in [3.05, 3.63) is 0 Å². The van der Waals surface area contributed by atoms with Crippen LogP contribution in [0.4, 0.5) is 0 Å². The molecule has 0 spiro atoms. The fraction of sp³-hybridized carbons (Fsp3) is 0.727. The average Bonchev–Trinajstić information content (AvgIpc) is 2.20. The van der Waals surface area contributed by atoms with Gasteiger partial charge in [-0.1, -0.05) is 0 Å². The lowest BCUT2D eigenvalue weighted by molar-refractivity contribution is -0.124. The molecule has 3 nitrogen and oxygen atoms in total. The lowest BCUT2D eigenvalue weighted by atomic mass is 10.1. The third kappa shape index (κ3) is 4.29. The molecule has 1 unspecified atom stereocenters. The minimum Gasteiger partial charge on any atom is -0.378 e. The lowest BCUT2D eigenvalue weighted by Gasteiger charge is -2.21. The molecule has 14 heavy (non-hydrogen) atoms. The molecule has 0 aromatic rings. The van der Waals surface area contributed by atoms with Gasteiger partial charge in [0.2, 0.25) is 5.91 Å². The maximum atomic E-state index is 11.3. The first-order valence-corrected chi connectivity index (χ1v) is 5.14. The molecule has 1 rings (SSSR count). The normalized spacial score (nSPS) is 21.2. The molecule has 1 N–H and O–H groups in total. The third-order valence-electron chi connectivity index (χ3n) is 2.28. The molecule has 0 aromatic heterocycles. The number of carbonyl (C=O) groups excluding carboxylic acids is 1. The molecule has 1 aliphatic heterocycles. The van der Waals surface area contributed by atoms with Gasteiger partial charge in [0.15, 0.2) is 0 Å². The Balaban J connectivity index is 2.10. The van der Waals surface area contributed by atoms with Crippen molar-refractivity contribution < 1.29 is 9.53 Å². The van der Waals surface area contributed by atoms with Gasteiger partial charge >= 0.3 is 0 Å². The Morgan fingerprint density at radius 2 is 2.43 bits per heavy atom. The molecule has 78 valence electrons. The van der Waals surface area contributed by atoms with Crippen LogP contribution in [0.15, 0.2) is 0 Å². The van der Waals surface area contributed by atoms with Crippen molar-refractivity contribution in [2.75, 3.05) is 13.2 Å². The summed E-state index contributed by atoms with van der Waals surface area (Å²) in [6.45, 7) is 1.37. The zero-order chi connectivity index (χ0) is 10.2. The van der Waals surface area contributed by atoms with E-state index in [1.807, 2.05) is 0 Å². The molecule has 0 bridgehead atoms. The number of terminal acetylenes is 1. The minimum atomic E-state index is 0.0483. The molecular formula is C11H17NO2. The number of hydrogen-bond acceptors (Lipinski definition) is 2. The first-order chi connectivity index (χ1) is 6.83. The number of ether oxygens (including phenoxy) is 1. The summed E-state index contributed by atoms with van der Waals surface area (Å²) in [5, 5.41) is 2.77. The fourth-order valence-electron chi connectivity index (χ4n) is 1.52. The van der Waals surface area contributed by atoms with E-state index < -0.39 is 0 Å². The fourth-order valence-corrected chi connectivity index (χ4v) is 1.52. The van der Waals surface area contributed by atoms with Gasteiger partial charge in [0.1, 0.15) is 0 Å². The van der Waals surface area contributed by atoms with Crippen molar-refractivity contribution >= 4 is 5.91 Å². The summed E-state index contributed by atoms with van der Waals surface area (Å²) >= 11 is 0. The minimum absolute atomic E-state index is 0.0483. The van der Waals surface area contributed by atoms with Gasteiger partial charge in [0.25, 0.3) is 0 Å². The number of amides is 1. The summed E-state index contributed by atoms with van der Waals surface area (Å²) in [5.74, 6) is 2.53. The molecule has 1 amide bonds. The highest BCUT2D eigenvalue weighted by Crippen LogP contribution is 2.15. The Morgan fingerprint density at radius 3 is 3.07 bits per heavy atom. The van der Waals surface area contributed by atoms with Gasteiger partial charge in [-0.3, -0.25) is 4.79 Å². The van der Waals surface area contributed by atoms with Crippen molar-refractivity contribution in [2.45, 2.75) is 38.2 Å². The van der Waals surface area contributed by atoms with Crippen LogP contribution in [0.2, 0.25) is 0 Å². The molecule has 0 aromatic carbocycles. The Kier molecular flexibility index (Phi) is 5.09. The molecule has 0 radical (unpaired) electrons. The molecule has 1 aliphatic rings. The molecular weight excluding hydrogens is 178 g/mol. The second-order valence-corrected chi connectivity index (χ2v) is 3.50. The first-order valence-electron chi connectivity index (χ1n) is 5.14. The smallest absolute Gasteiger partial charge is 0.222 e. The predicted molar refractivity (Wildman–Crippen MR) is 54.7 cm³/mol. The number of carbonyl (C=O) groups is 1. The van der Waals surface area contributed by atoms with Crippen molar-refractivity contribution in [2.24, 2.45) is 0 Å². The highest BCUT2D eigenvalue weighted by atomic mass is 16.5. The van der Waals surface area contributed by atoms with Gasteiger partial charge in [-0.15, -0.1) is 12.3 Å². The van der Waals surface area contributed by atoms with E-state index in [9.17, 15) is 4.79 Å². The van der Waals surface area contributed by atoms with Crippen molar-refractivity contribution in [3.8, 4) is 12.3 Å². The van der Waals surface area contributed by atoms with Crippen LogP contribution < -0.4 is 5.32 Å². The van der Waals surface area contributed by atoms with E-state index in [-0.39, 0.29) is 12.0 Å². The number of rotatable bonds is 4. The quantitative estimate of drug-likeness (QED) is 0.538. The molecule has 1 heterocycles. The van der Waals surface area contributed by atoms with Crippen LogP contribution in [0.5, 0.6) is 0 Å². The molecule has 0 aliphatic carbocycles. The Bertz CT molecular complexity index is 214. The van der Waals surface area contributed by atoms with Gasteiger partial charge in [-0.25, -0.2) is 0 Å². The first kappa shape index (κ1) is 11.1. The van der Waals surface area contributed by atoms with Crippen LogP contribution in [0.25, 0.3) is 0 Å². The average molecular weight is 195 g/mol. The maximum Gasteiger partial charge on any atom is 0.222 e. The molecule has 1 fully saturated rings. The van der Waals surface area contributed by atoms with E-state index in [0.29, 0.717) is 19.4 Å². The standard InChI is InChI=1S/C11H17NO2/c1-2-3-7-12-11(13)9-10-6-4-5-8-14-10/h1,10H,3-9H2,(H,12,13). The van der Waals surface area contributed by atoms with E-state index in [0.717, 1.165) is 19.4 Å². The predicted octanol–water partition coefficient (Wildman–Crippen LogP) is 1.09. The summed E-state index contributed by atoms with van der Waals surface area (Å²) in [6.07, 6.45) is 9.56. The van der Waals surface area contributed by atoms with E-state index in [2.05, 4.69) is 11.2 Å². The van der Waals surface area contributed by atoms with Crippen LogP contribution in [0.3, 0.4) is 0 Å². The summed E-state index contributed by atoms with van der Waals surface area (Å²) in [4.78, 5) is 11.3. The van der Waals surface area contributed by atoms with E-state index in [1.165, 1.54) is 6.42 Å². The Labute approximate surface area is 85.2 Å². The van der Waals surface area contributed by atoms with Gasteiger partial charge in [-0.2, -0.15) is 0 Å². The number of nitrogens with one attached hydrogen (secondary N) is 1. The van der Waals surface area contributed by atoms with Gasteiger partial charge in [0.05, 0.1) is 12.5 Å². The third-order valence-corrected chi connectivity index (χ3v) is 2.28. The zero-order valence-electron chi connectivity index (χ0n) is 8.42. The Morgan fingerprint density at radius 1 is 1.57 bits per heavy atom. The van der Waals surface area contributed by atoms with E-state index in [4.69, 9.17) is 11.2 Å². The highest BCUT2D eigenvalue weighted by molar-refractivity contribution is 5.76. The van der Waals surface area contributed by atoms with Crippen LogP contribution in [-0.2, 0) is 9.53 Å². The SMILES string of the molecule is C#CCCNC(=O)CC1CCCCO1. The van der Waals surface area contributed by atoms with Gasteiger partial charge in [-0.05, 0) is 19.3 Å². The monoisotopic (exact) mass is 195 g/mol. The topological polar surface area (TPSA) is 38.3 Å². The summed E-state index contributed by atoms with van der Waals surface area (Å²) in [6, 6.07) is 0. The van der Waals surface area contributed by atoms with Crippen molar-refractivity contribution in [1.29, 1.82) is 0 Å². The Hall–Kier alpha value is -1.01. The maximum absolute atomic E-state index is 11.3. The molecule has 0 saturated carbocycles. The van der Waals surface area contributed by atoms with Crippen LogP contribution in [0, 0.1) is 12.3 Å². The molecule has 1 atom stereocenters. The summed E-state index contributed by atoms with van der Waals surface area (Å²) in [5.41, 5.74) is 0. The molecule has 1 saturated heterocycles. The van der Waals surface area contributed by atoms with Crippen LogP contribution in [0.1, 0.15) is 32.1 Å². The largest absolute Gasteiger partial charge is 0.378 e. The van der Waals surface area contributed by atoms with Gasteiger partial charge in [0, 0.05) is 19.6 Å². The lowest BCUT2D eigenvalue weighted by Crippen LogP contribution is -2.30. The van der Waals surface area contributed by atoms with Crippen LogP contribution >= 0.6 is 0 Å². The van der Waals surface area contributed by atoms with Crippen molar-refractivity contribution in [1.82, 2.24) is 5.32 Å². The van der Waals surface area contributed by atoms with E-state index in [1.54, 1.807) is 0 Å². The van der Waals surface area contributed by atoms with Crippen molar-refractivity contribution in [3.63, 3.8) is 0 Å². The zero-order valence-corrected chi connectivity index (χ0v) is 8.42. The second-order valence-electron chi connectivity index (χ2n) is 3.50. The van der Waals surface area contributed by atoms with E-state index >= 15 is 0 Å².